The molecular formula is C10H15N3. The van der Waals surface area contributed by atoms with Crippen LogP contribution in [0.2, 0.25) is 0 Å². The second kappa shape index (κ2) is 8.46. The van der Waals surface area contributed by atoms with Crippen LogP contribution in [0.1, 0.15) is 13.3 Å². The minimum absolute atomic E-state index is 0.776. The van der Waals surface area contributed by atoms with Crippen molar-refractivity contribution in [3.63, 3.8) is 0 Å². The first-order valence-electron chi connectivity index (χ1n) is 4.03. The summed E-state index contributed by atoms with van der Waals surface area (Å²) in [5, 5.41) is 6.78. The smallest absolute Gasteiger partial charge is 0.0418 e. The molecule has 0 radical (unpaired) electrons. The lowest BCUT2D eigenvalue weighted by Crippen LogP contribution is -1.75. The van der Waals surface area contributed by atoms with Gasteiger partial charge >= 0.3 is 0 Å². The molecule has 3 heteroatoms. The highest BCUT2D eigenvalue weighted by atomic mass is 14.7. The molecule has 0 unspecified atom stereocenters. The molecule has 0 aromatic carbocycles. The van der Waals surface area contributed by atoms with E-state index < -0.39 is 0 Å². The molecule has 0 rings (SSSR count). The van der Waals surface area contributed by atoms with E-state index in [0.29, 0.717) is 0 Å². The van der Waals surface area contributed by atoms with Gasteiger partial charge in [-0.25, -0.2) is 0 Å². The average molecular weight is 177 g/mol. The Morgan fingerprint density at radius 3 is 2.92 bits per heavy atom. The molecule has 0 saturated carbocycles. The fraction of sp³-hybridized carbons (Fsp3) is 0.200. The molecule has 0 heterocycles. The van der Waals surface area contributed by atoms with Gasteiger partial charge in [-0.05, 0) is 13.0 Å². The summed E-state index contributed by atoms with van der Waals surface area (Å²) in [5.74, 6) is 0. The zero-order valence-corrected chi connectivity index (χ0v) is 7.77. The second-order valence-electron chi connectivity index (χ2n) is 2.38. The van der Waals surface area contributed by atoms with Crippen LogP contribution in [0.4, 0.5) is 0 Å². The normalized spacial score (nSPS) is 13.5. The van der Waals surface area contributed by atoms with Crippen LogP contribution in [-0.2, 0) is 0 Å². The summed E-state index contributed by atoms with van der Waals surface area (Å²) in [6, 6.07) is 0. The number of nitrogens with zero attached hydrogens (tertiary/aromatic N) is 1. The Bertz CT molecular complexity index is 247. The Labute approximate surface area is 78.9 Å². The molecule has 0 atom stereocenters. The van der Waals surface area contributed by atoms with E-state index in [4.69, 9.17) is 11.1 Å². The van der Waals surface area contributed by atoms with Crippen LogP contribution in [0.5, 0.6) is 0 Å². The first kappa shape index (κ1) is 11.4. The fourth-order valence-electron chi connectivity index (χ4n) is 0.678. The summed E-state index contributed by atoms with van der Waals surface area (Å²) in [6.45, 7) is 1.98. The van der Waals surface area contributed by atoms with Crippen molar-refractivity contribution in [2.24, 2.45) is 10.7 Å². The van der Waals surface area contributed by atoms with Gasteiger partial charge in [0, 0.05) is 31.2 Å². The van der Waals surface area contributed by atoms with Crippen molar-refractivity contribution in [3.05, 3.63) is 36.2 Å². The van der Waals surface area contributed by atoms with E-state index in [1.165, 1.54) is 18.6 Å². The molecule has 0 aromatic heterocycles. The summed E-state index contributed by atoms with van der Waals surface area (Å²) in [6.07, 6.45) is 12.3. The van der Waals surface area contributed by atoms with Crippen LogP contribution in [0, 0.1) is 5.41 Å². The second-order valence-corrected chi connectivity index (χ2v) is 2.38. The highest BCUT2D eigenvalue weighted by molar-refractivity contribution is 5.68. The predicted molar refractivity (Wildman–Crippen MR) is 58.1 cm³/mol. The maximum absolute atomic E-state index is 6.78. The number of hydrogen-bond acceptors (Lipinski definition) is 3. The van der Waals surface area contributed by atoms with Gasteiger partial charge in [-0.2, -0.15) is 0 Å². The zero-order valence-electron chi connectivity index (χ0n) is 7.77. The van der Waals surface area contributed by atoms with Gasteiger partial charge in [-0.1, -0.05) is 17.7 Å². The number of allylic oxidation sites excluding steroid dienone is 4. The van der Waals surface area contributed by atoms with Gasteiger partial charge in [0.15, 0.2) is 0 Å². The van der Waals surface area contributed by atoms with Crippen molar-refractivity contribution in [1.29, 1.82) is 5.41 Å². The number of aliphatic imine (C=N–C) groups is 1. The SMILES string of the molecule is CC(/C=C\C=N)=C/C/C=N\C=C/N. The van der Waals surface area contributed by atoms with E-state index in [-0.39, 0.29) is 0 Å². The van der Waals surface area contributed by atoms with Crippen molar-refractivity contribution >= 4 is 12.4 Å². The van der Waals surface area contributed by atoms with E-state index in [9.17, 15) is 0 Å². The van der Waals surface area contributed by atoms with Crippen LogP contribution < -0.4 is 5.73 Å². The van der Waals surface area contributed by atoms with Crippen molar-refractivity contribution in [1.82, 2.24) is 0 Å². The molecule has 0 aliphatic carbocycles. The van der Waals surface area contributed by atoms with Crippen LogP contribution in [0.15, 0.2) is 41.2 Å². The Morgan fingerprint density at radius 2 is 2.31 bits per heavy atom. The standard InChI is InChI=1S/C10H15N3/c1-10(4-2-6-11)5-3-8-13-9-7-12/h2,4-9,11H,3,12H2,1H3/b4-2-,9-7-,10-5-,11-6?,13-8-. The monoisotopic (exact) mass is 177 g/mol. The van der Waals surface area contributed by atoms with Crippen molar-refractivity contribution in [2.75, 3.05) is 0 Å². The van der Waals surface area contributed by atoms with E-state index in [2.05, 4.69) is 4.99 Å². The van der Waals surface area contributed by atoms with Gasteiger partial charge in [0.05, 0.1) is 0 Å². The highest BCUT2D eigenvalue weighted by Gasteiger charge is 1.78. The Kier molecular flexibility index (Phi) is 7.39. The summed E-state index contributed by atoms with van der Waals surface area (Å²) in [4.78, 5) is 3.90. The molecule has 3 N–H and O–H groups in total. The Morgan fingerprint density at radius 1 is 1.54 bits per heavy atom. The van der Waals surface area contributed by atoms with Crippen LogP contribution >= 0.6 is 0 Å². The fourth-order valence-corrected chi connectivity index (χ4v) is 0.678. The molecule has 0 aliphatic rings. The predicted octanol–water partition coefficient (Wildman–Crippen LogP) is 2.03. The topological polar surface area (TPSA) is 62.2 Å². The largest absolute Gasteiger partial charge is 0.403 e. The molecule has 0 fully saturated rings. The first-order chi connectivity index (χ1) is 6.31. The summed E-state index contributed by atoms with van der Waals surface area (Å²) in [5.41, 5.74) is 6.21. The molecule has 0 saturated heterocycles. The summed E-state index contributed by atoms with van der Waals surface area (Å²) >= 11 is 0. The van der Waals surface area contributed by atoms with Gasteiger partial charge in [-0.3, -0.25) is 4.99 Å². The zero-order chi connectivity index (χ0) is 9.94. The van der Waals surface area contributed by atoms with Crippen molar-refractivity contribution in [3.8, 4) is 0 Å². The van der Waals surface area contributed by atoms with Gasteiger partial charge in [0.25, 0.3) is 0 Å². The Hall–Kier alpha value is -1.64. The third kappa shape index (κ3) is 8.26. The third-order valence-electron chi connectivity index (χ3n) is 1.28. The van der Waals surface area contributed by atoms with E-state index in [0.717, 1.165) is 12.0 Å². The maximum Gasteiger partial charge on any atom is 0.0418 e. The van der Waals surface area contributed by atoms with E-state index >= 15 is 0 Å². The highest BCUT2D eigenvalue weighted by Crippen LogP contribution is 1.95. The quantitative estimate of drug-likeness (QED) is 0.490. The van der Waals surface area contributed by atoms with Crippen LogP contribution in [0.25, 0.3) is 0 Å². The van der Waals surface area contributed by atoms with Crippen molar-refractivity contribution in [2.45, 2.75) is 13.3 Å². The minimum atomic E-state index is 0.776. The molecule has 0 spiro atoms. The van der Waals surface area contributed by atoms with Crippen LogP contribution in [-0.4, -0.2) is 12.4 Å². The number of nitrogens with two attached hydrogens (primary N) is 1. The number of rotatable bonds is 5. The molecule has 0 aliphatic heterocycles. The van der Waals surface area contributed by atoms with Gasteiger partial charge in [0.2, 0.25) is 0 Å². The molecule has 0 bridgehead atoms. The van der Waals surface area contributed by atoms with E-state index in [1.807, 2.05) is 19.1 Å². The lowest BCUT2D eigenvalue weighted by molar-refractivity contribution is 1.38. The summed E-state index contributed by atoms with van der Waals surface area (Å²) < 4.78 is 0. The molecule has 0 amide bonds. The van der Waals surface area contributed by atoms with Crippen LogP contribution in [0.3, 0.4) is 0 Å². The van der Waals surface area contributed by atoms with Crippen molar-refractivity contribution < 1.29 is 0 Å². The molecular weight excluding hydrogens is 162 g/mol. The number of hydrogen-bond donors (Lipinski definition) is 2. The lowest BCUT2D eigenvalue weighted by atomic mass is 10.2. The summed E-state index contributed by atoms with van der Waals surface area (Å²) in [7, 11) is 0. The molecule has 3 nitrogen and oxygen atoms in total. The molecule has 13 heavy (non-hydrogen) atoms. The lowest BCUT2D eigenvalue weighted by Gasteiger charge is -1.87. The first-order valence-corrected chi connectivity index (χ1v) is 4.03. The Balaban J connectivity index is 3.83. The minimum Gasteiger partial charge on any atom is -0.403 e. The van der Waals surface area contributed by atoms with E-state index in [1.54, 1.807) is 12.3 Å². The average Bonchev–Trinajstić information content (AvgIpc) is 2.14. The van der Waals surface area contributed by atoms with Gasteiger partial charge in [0.1, 0.15) is 0 Å². The molecule has 70 valence electrons. The van der Waals surface area contributed by atoms with Gasteiger partial charge in [-0.15, -0.1) is 0 Å². The third-order valence-corrected chi connectivity index (χ3v) is 1.28. The number of nitrogens with one attached hydrogen (secondary N) is 1. The maximum atomic E-state index is 6.78. The molecule has 0 aromatic rings. The van der Waals surface area contributed by atoms with Gasteiger partial charge < -0.3 is 11.1 Å².